The van der Waals surface area contributed by atoms with Gasteiger partial charge in [-0.1, -0.05) is 118 Å². The number of allylic oxidation sites excluding steroid dienone is 3. The Kier molecular flexibility index (Phi) is 13.1. The SMILES string of the molecule is C=C/C=C/CC.C=Cc1ccccc1.C=Cc1ccccc1. The van der Waals surface area contributed by atoms with Gasteiger partial charge in [-0.3, -0.25) is 0 Å². The van der Waals surface area contributed by atoms with E-state index in [1.165, 1.54) is 11.1 Å². The summed E-state index contributed by atoms with van der Waals surface area (Å²) in [6, 6.07) is 20.1. The number of hydrogen-bond acceptors (Lipinski definition) is 0. The highest BCUT2D eigenvalue weighted by Crippen LogP contribution is 1.98. The highest BCUT2D eigenvalue weighted by atomic mass is 13.8. The van der Waals surface area contributed by atoms with Crippen molar-refractivity contribution in [3.8, 4) is 0 Å². The average molecular weight is 290 g/mol. The number of rotatable bonds is 4. The lowest BCUT2D eigenvalue weighted by Gasteiger charge is -1.85. The molecule has 0 unspecified atom stereocenters. The fourth-order valence-electron chi connectivity index (χ4n) is 1.41. The summed E-state index contributed by atoms with van der Waals surface area (Å²) in [7, 11) is 0. The number of hydrogen-bond donors (Lipinski definition) is 0. The molecule has 0 radical (unpaired) electrons. The number of benzene rings is 2. The molecule has 0 aromatic heterocycles. The molecule has 0 saturated carbocycles. The summed E-state index contributed by atoms with van der Waals surface area (Å²) in [5.74, 6) is 0. The van der Waals surface area contributed by atoms with Crippen molar-refractivity contribution >= 4 is 12.2 Å². The van der Waals surface area contributed by atoms with Crippen molar-refractivity contribution in [2.75, 3.05) is 0 Å². The molecule has 0 nitrogen and oxygen atoms in total. The van der Waals surface area contributed by atoms with Crippen LogP contribution in [-0.2, 0) is 0 Å². The summed E-state index contributed by atoms with van der Waals surface area (Å²) in [5.41, 5.74) is 2.35. The van der Waals surface area contributed by atoms with Crippen LogP contribution in [0.4, 0.5) is 0 Å². The molecule has 0 fully saturated rings. The highest BCUT2D eigenvalue weighted by Gasteiger charge is 1.76. The molecule has 0 aliphatic carbocycles. The lowest BCUT2D eigenvalue weighted by atomic mass is 10.2. The van der Waals surface area contributed by atoms with E-state index < -0.39 is 0 Å². The van der Waals surface area contributed by atoms with E-state index in [4.69, 9.17) is 0 Å². The van der Waals surface area contributed by atoms with E-state index in [0.29, 0.717) is 0 Å². The van der Waals surface area contributed by atoms with Crippen LogP contribution < -0.4 is 0 Å². The molecule has 2 aromatic rings. The van der Waals surface area contributed by atoms with Crippen molar-refractivity contribution in [2.24, 2.45) is 0 Å². The first-order valence-corrected chi connectivity index (χ1v) is 7.41. The van der Waals surface area contributed by atoms with E-state index >= 15 is 0 Å². The fraction of sp³-hybridized carbons (Fsp3) is 0.0909. The van der Waals surface area contributed by atoms with Gasteiger partial charge in [0.2, 0.25) is 0 Å². The predicted octanol–water partition coefficient (Wildman–Crippen LogP) is 6.80. The van der Waals surface area contributed by atoms with E-state index in [2.05, 4.69) is 32.7 Å². The van der Waals surface area contributed by atoms with Gasteiger partial charge in [0, 0.05) is 0 Å². The molecule has 0 spiro atoms. The van der Waals surface area contributed by atoms with Crippen LogP contribution in [0.25, 0.3) is 12.2 Å². The standard InChI is InChI=1S/2C8H8.C6H10/c2*1-2-8-6-4-3-5-7-8;1-3-5-6-4-2/h2*2-7H,1H2;3,5-6H,1,4H2,2H3/b;;6-5+. The Morgan fingerprint density at radius 1 is 0.727 bits per heavy atom. The molecule has 114 valence electrons. The minimum absolute atomic E-state index is 1.10. The molecule has 0 amide bonds. The van der Waals surface area contributed by atoms with E-state index in [9.17, 15) is 0 Å². The lowest BCUT2D eigenvalue weighted by molar-refractivity contribution is 1.22. The van der Waals surface area contributed by atoms with Crippen molar-refractivity contribution in [1.29, 1.82) is 0 Å². The Morgan fingerprint density at radius 2 is 1.14 bits per heavy atom. The average Bonchev–Trinajstić information content (AvgIpc) is 2.62. The Hall–Kier alpha value is -2.60. The maximum absolute atomic E-state index is 3.63. The molecule has 0 saturated heterocycles. The Balaban J connectivity index is 0.000000306. The third-order valence-electron chi connectivity index (χ3n) is 2.58. The topological polar surface area (TPSA) is 0 Å². The second-order valence-electron chi connectivity index (χ2n) is 4.30. The van der Waals surface area contributed by atoms with Gasteiger partial charge in [0.1, 0.15) is 0 Å². The van der Waals surface area contributed by atoms with Gasteiger partial charge < -0.3 is 0 Å². The molecule has 0 N–H and O–H groups in total. The predicted molar refractivity (Wildman–Crippen MR) is 103 cm³/mol. The summed E-state index contributed by atoms with van der Waals surface area (Å²) in [6.07, 6.45) is 10.6. The summed E-state index contributed by atoms with van der Waals surface area (Å²) < 4.78 is 0. The van der Waals surface area contributed by atoms with Gasteiger partial charge in [0.25, 0.3) is 0 Å². The van der Waals surface area contributed by atoms with Crippen molar-refractivity contribution in [2.45, 2.75) is 13.3 Å². The molecule has 2 aromatic carbocycles. The lowest BCUT2D eigenvalue weighted by Crippen LogP contribution is -1.63. The van der Waals surface area contributed by atoms with Crippen LogP contribution in [0.1, 0.15) is 24.5 Å². The van der Waals surface area contributed by atoms with Crippen molar-refractivity contribution in [3.05, 3.63) is 110 Å². The smallest absolute Gasteiger partial charge is 0.0263 e. The summed E-state index contributed by atoms with van der Waals surface area (Å²) in [5, 5.41) is 0. The molecule has 0 heterocycles. The van der Waals surface area contributed by atoms with Crippen LogP contribution in [0.15, 0.2) is 98.6 Å². The fourth-order valence-corrected chi connectivity index (χ4v) is 1.41. The minimum Gasteiger partial charge on any atom is -0.0991 e. The van der Waals surface area contributed by atoms with Gasteiger partial charge in [-0.2, -0.15) is 0 Å². The van der Waals surface area contributed by atoms with E-state index in [0.717, 1.165) is 6.42 Å². The van der Waals surface area contributed by atoms with Crippen LogP contribution >= 0.6 is 0 Å². The van der Waals surface area contributed by atoms with Gasteiger partial charge in [-0.15, -0.1) is 0 Å². The first kappa shape index (κ1) is 19.4. The van der Waals surface area contributed by atoms with Gasteiger partial charge in [0.15, 0.2) is 0 Å². The minimum atomic E-state index is 1.10. The summed E-state index contributed by atoms with van der Waals surface area (Å²) in [4.78, 5) is 0. The van der Waals surface area contributed by atoms with Crippen LogP contribution in [0, 0.1) is 0 Å². The second-order valence-corrected chi connectivity index (χ2v) is 4.30. The summed E-state index contributed by atoms with van der Waals surface area (Å²) in [6.45, 7) is 12.9. The van der Waals surface area contributed by atoms with Gasteiger partial charge in [-0.05, 0) is 17.5 Å². The molecule has 0 atom stereocenters. The zero-order valence-electron chi connectivity index (χ0n) is 13.5. The van der Waals surface area contributed by atoms with Crippen molar-refractivity contribution in [1.82, 2.24) is 0 Å². The molecule has 0 aliphatic rings. The largest absolute Gasteiger partial charge is 0.0991 e. The van der Waals surface area contributed by atoms with Crippen LogP contribution in [0.5, 0.6) is 0 Å². The third-order valence-corrected chi connectivity index (χ3v) is 2.58. The van der Waals surface area contributed by atoms with Crippen LogP contribution in [0.3, 0.4) is 0 Å². The Labute approximate surface area is 135 Å². The zero-order chi connectivity index (χ0) is 16.5. The first-order chi connectivity index (χ1) is 10.8. The maximum atomic E-state index is 3.63. The monoisotopic (exact) mass is 290 g/mol. The van der Waals surface area contributed by atoms with Gasteiger partial charge in [-0.25, -0.2) is 0 Å². The van der Waals surface area contributed by atoms with Crippen molar-refractivity contribution < 1.29 is 0 Å². The van der Waals surface area contributed by atoms with E-state index in [1.807, 2.05) is 78.9 Å². The third kappa shape index (κ3) is 11.2. The zero-order valence-corrected chi connectivity index (χ0v) is 13.5. The van der Waals surface area contributed by atoms with Crippen molar-refractivity contribution in [3.63, 3.8) is 0 Å². The first-order valence-electron chi connectivity index (χ1n) is 7.41. The van der Waals surface area contributed by atoms with E-state index in [1.54, 1.807) is 6.08 Å². The van der Waals surface area contributed by atoms with Gasteiger partial charge >= 0.3 is 0 Å². The van der Waals surface area contributed by atoms with Crippen LogP contribution in [-0.4, -0.2) is 0 Å². The van der Waals surface area contributed by atoms with Gasteiger partial charge in [0.05, 0.1) is 0 Å². The molecule has 2 rings (SSSR count). The molecular weight excluding hydrogens is 264 g/mol. The second kappa shape index (κ2) is 14.8. The summed E-state index contributed by atoms with van der Waals surface area (Å²) >= 11 is 0. The maximum Gasteiger partial charge on any atom is -0.0263 e. The molecule has 0 heteroatoms. The Bertz CT molecular complexity index is 489. The highest BCUT2D eigenvalue weighted by molar-refractivity contribution is 5.46. The van der Waals surface area contributed by atoms with E-state index in [-0.39, 0.29) is 0 Å². The Morgan fingerprint density at radius 3 is 1.32 bits per heavy atom. The van der Waals surface area contributed by atoms with Crippen LogP contribution in [0.2, 0.25) is 0 Å². The molecule has 0 aliphatic heterocycles. The molecular formula is C22H26. The molecule has 22 heavy (non-hydrogen) atoms. The quantitative estimate of drug-likeness (QED) is 0.543. The normalized spacial score (nSPS) is 8.77. The molecule has 0 bridgehead atoms.